The number of aryl methyl sites for hydroxylation is 2. The summed E-state index contributed by atoms with van der Waals surface area (Å²) in [6.45, 7) is 6.47. The Bertz CT molecular complexity index is 851. The molecule has 0 bridgehead atoms. The molecule has 2 rings (SSSR count). The molecule has 28 heavy (non-hydrogen) atoms. The highest BCUT2D eigenvalue weighted by Crippen LogP contribution is 2.28. The maximum Gasteiger partial charge on any atom is 0.344 e. The van der Waals surface area contributed by atoms with Crippen molar-refractivity contribution in [3.63, 3.8) is 0 Å². The third kappa shape index (κ3) is 5.22. The zero-order chi connectivity index (χ0) is 20.7. The van der Waals surface area contributed by atoms with Crippen LogP contribution in [0.2, 0.25) is 0 Å². The van der Waals surface area contributed by atoms with Gasteiger partial charge in [0.25, 0.3) is 5.91 Å². The Morgan fingerprint density at radius 2 is 1.75 bits per heavy atom. The van der Waals surface area contributed by atoms with Crippen LogP contribution in [0.1, 0.15) is 59.2 Å². The number of hydrogen-bond donors (Lipinski definition) is 1. The molecule has 0 aliphatic rings. The van der Waals surface area contributed by atoms with Crippen molar-refractivity contribution < 1.29 is 28.3 Å². The van der Waals surface area contributed by atoms with Gasteiger partial charge < -0.3 is 13.9 Å². The maximum atomic E-state index is 12.2. The van der Waals surface area contributed by atoms with Gasteiger partial charge in [0.2, 0.25) is 5.88 Å². The number of anilines is 1. The summed E-state index contributed by atoms with van der Waals surface area (Å²) < 4.78 is 15.9. The van der Waals surface area contributed by atoms with Crippen LogP contribution in [0.5, 0.6) is 5.75 Å². The van der Waals surface area contributed by atoms with E-state index in [2.05, 4.69) is 12.2 Å². The average molecular weight is 387 g/mol. The summed E-state index contributed by atoms with van der Waals surface area (Å²) in [4.78, 5) is 36.4. The Kier molecular flexibility index (Phi) is 7.37. The topological polar surface area (TPSA) is 94.8 Å². The Morgan fingerprint density at radius 1 is 1.07 bits per heavy atom. The second-order valence-electron chi connectivity index (χ2n) is 6.24. The van der Waals surface area contributed by atoms with Crippen LogP contribution in [0, 0.1) is 6.92 Å². The van der Waals surface area contributed by atoms with Crippen molar-refractivity contribution in [1.29, 1.82) is 0 Å². The molecule has 1 aromatic heterocycles. The highest BCUT2D eigenvalue weighted by Gasteiger charge is 2.28. The van der Waals surface area contributed by atoms with Gasteiger partial charge in [0.15, 0.2) is 12.4 Å². The summed E-state index contributed by atoms with van der Waals surface area (Å²) >= 11 is 0. The van der Waals surface area contributed by atoms with Gasteiger partial charge in [-0.05, 0) is 44.9 Å². The Hall–Kier alpha value is -3.09. The normalized spacial score (nSPS) is 10.4. The molecule has 0 aliphatic heterocycles. The summed E-state index contributed by atoms with van der Waals surface area (Å²) in [7, 11) is 0. The molecule has 1 amide bonds. The molecule has 0 fully saturated rings. The van der Waals surface area contributed by atoms with Gasteiger partial charge in [-0.15, -0.1) is 0 Å². The quantitative estimate of drug-likeness (QED) is 0.517. The first-order chi connectivity index (χ1) is 13.4. The monoisotopic (exact) mass is 387 g/mol. The van der Waals surface area contributed by atoms with Crippen molar-refractivity contribution in [3.8, 4) is 5.75 Å². The van der Waals surface area contributed by atoms with Crippen LogP contribution in [0.25, 0.3) is 0 Å². The van der Waals surface area contributed by atoms with Crippen LogP contribution < -0.4 is 10.1 Å². The zero-order valence-corrected chi connectivity index (χ0v) is 16.6. The van der Waals surface area contributed by atoms with E-state index < -0.39 is 11.9 Å². The molecule has 2 aromatic rings. The first-order valence-corrected chi connectivity index (χ1v) is 9.20. The molecular weight excluding hydrogens is 362 g/mol. The van der Waals surface area contributed by atoms with Crippen molar-refractivity contribution in [3.05, 3.63) is 46.7 Å². The number of rotatable bonds is 9. The van der Waals surface area contributed by atoms with Crippen LogP contribution >= 0.6 is 0 Å². The summed E-state index contributed by atoms with van der Waals surface area (Å²) in [5, 5.41) is 2.48. The zero-order valence-electron chi connectivity index (χ0n) is 16.6. The lowest BCUT2D eigenvalue weighted by Gasteiger charge is -2.08. The molecule has 0 unspecified atom stereocenters. The minimum Gasteiger partial charge on any atom is -0.484 e. The van der Waals surface area contributed by atoms with Gasteiger partial charge in [-0.3, -0.25) is 14.9 Å². The van der Waals surface area contributed by atoms with E-state index in [-0.39, 0.29) is 41.8 Å². The van der Waals surface area contributed by atoms with Gasteiger partial charge in [-0.2, -0.15) is 0 Å². The van der Waals surface area contributed by atoms with E-state index in [0.717, 1.165) is 12.8 Å². The number of ether oxygens (including phenoxy) is 2. The standard InChI is InChI=1S/C21H25NO6/c1-5-7-15-8-10-16(11-9-15)27-12-17(24)22-20-19(21(25)26-6-2)18(13(3)23)14(4)28-20/h8-11H,5-7,12H2,1-4H3,(H,22,24). The number of carbonyl (C=O) groups is 3. The van der Waals surface area contributed by atoms with E-state index in [0.29, 0.717) is 5.75 Å². The molecule has 0 spiro atoms. The summed E-state index contributed by atoms with van der Waals surface area (Å²) in [5.41, 5.74) is 1.21. The van der Waals surface area contributed by atoms with E-state index in [1.54, 1.807) is 26.0 Å². The number of esters is 1. The third-order valence-electron chi connectivity index (χ3n) is 4.00. The molecule has 0 aliphatic carbocycles. The fourth-order valence-electron chi connectivity index (χ4n) is 2.81. The Labute approximate surface area is 164 Å². The number of amides is 1. The molecular formula is C21H25NO6. The van der Waals surface area contributed by atoms with Crippen molar-refractivity contribution in [1.82, 2.24) is 0 Å². The molecule has 7 heteroatoms. The van der Waals surface area contributed by atoms with Crippen LogP contribution in [0.4, 0.5) is 5.88 Å². The van der Waals surface area contributed by atoms with Crippen LogP contribution in [-0.2, 0) is 16.0 Å². The van der Waals surface area contributed by atoms with Crippen molar-refractivity contribution in [2.75, 3.05) is 18.5 Å². The summed E-state index contributed by atoms with van der Waals surface area (Å²) in [5.74, 6) is -0.931. The molecule has 0 saturated heterocycles. The van der Waals surface area contributed by atoms with E-state index in [4.69, 9.17) is 13.9 Å². The lowest BCUT2D eigenvalue weighted by Crippen LogP contribution is -2.21. The summed E-state index contributed by atoms with van der Waals surface area (Å²) in [6, 6.07) is 7.50. The highest BCUT2D eigenvalue weighted by atomic mass is 16.5. The van der Waals surface area contributed by atoms with Crippen molar-refractivity contribution in [2.24, 2.45) is 0 Å². The number of nitrogens with one attached hydrogen (secondary N) is 1. The third-order valence-corrected chi connectivity index (χ3v) is 4.00. The Morgan fingerprint density at radius 3 is 2.32 bits per heavy atom. The van der Waals surface area contributed by atoms with Crippen LogP contribution in [-0.4, -0.2) is 30.9 Å². The maximum absolute atomic E-state index is 12.2. The molecule has 0 radical (unpaired) electrons. The second-order valence-corrected chi connectivity index (χ2v) is 6.24. The molecule has 1 heterocycles. The molecule has 150 valence electrons. The van der Waals surface area contributed by atoms with E-state index in [1.165, 1.54) is 12.5 Å². The molecule has 0 atom stereocenters. The fourth-order valence-corrected chi connectivity index (χ4v) is 2.81. The van der Waals surface area contributed by atoms with E-state index in [9.17, 15) is 14.4 Å². The number of hydrogen-bond acceptors (Lipinski definition) is 6. The van der Waals surface area contributed by atoms with Crippen LogP contribution in [0.3, 0.4) is 0 Å². The van der Waals surface area contributed by atoms with Gasteiger partial charge in [0.1, 0.15) is 17.1 Å². The predicted octanol–water partition coefficient (Wildman–Crippen LogP) is 3.94. The minimum absolute atomic E-state index is 0.0795. The van der Waals surface area contributed by atoms with Gasteiger partial charge in [-0.1, -0.05) is 25.5 Å². The van der Waals surface area contributed by atoms with Crippen LogP contribution in [0.15, 0.2) is 28.7 Å². The molecule has 0 saturated carbocycles. The average Bonchev–Trinajstić information content (AvgIpc) is 2.97. The SMILES string of the molecule is CCCc1ccc(OCC(=O)Nc2oc(C)c(C(C)=O)c2C(=O)OCC)cc1. The van der Waals surface area contributed by atoms with Gasteiger partial charge in [-0.25, -0.2) is 4.79 Å². The van der Waals surface area contributed by atoms with E-state index in [1.807, 2.05) is 12.1 Å². The first kappa shape index (κ1) is 21.2. The second kappa shape index (κ2) is 9.73. The molecule has 7 nitrogen and oxygen atoms in total. The first-order valence-electron chi connectivity index (χ1n) is 9.20. The number of carbonyl (C=O) groups excluding carboxylic acids is 3. The lowest BCUT2D eigenvalue weighted by atomic mass is 10.1. The predicted molar refractivity (Wildman–Crippen MR) is 104 cm³/mol. The number of ketones is 1. The van der Waals surface area contributed by atoms with E-state index >= 15 is 0 Å². The van der Waals surface area contributed by atoms with Gasteiger partial charge in [0, 0.05) is 0 Å². The van der Waals surface area contributed by atoms with Crippen molar-refractivity contribution in [2.45, 2.75) is 40.5 Å². The highest BCUT2D eigenvalue weighted by molar-refractivity contribution is 6.10. The van der Waals surface area contributed by atoms with Gasteiger partial charge in [0.05, 0.1) is 12.2 Å². The summed E-state index contributed by atoms with van der Waals surface area (Å²) in [6.07, 6.45) is 2.03. The lowest BCUT2D eigenvalue weighted by molar-refractivity contribution is -0.118. The van der Waals surface area contributed by atoms with Gasteiger partial charge >= 0.3 is 5.97 Å². The minimum atomic E-state index is -0.729. The van der Waals surface area contributed by atoms with Crippen molar-refractivity contribution >= 4 is 23.5 Å². The molecule has 1 N–H and O–H groups in total. The number of Topliss-reactive ketones (excluding diaryl/α,β-unsaturated/α-hetero) is 1. The number of furan rings is 1. The Balaban J connectivity index is 2.09. The number of benzene rings is 1. The smallest absolute Gasteiger partial charge is 0.344 e. The fraction of sp³-hybridized carbons (Fsp3) is 0.381. The largest absolute Gasteiger partial charge is 0.484 e. The molecule has 1 aromatic carbocycles.